The SMILES string of the molecule is CC(=O)c1cccc(NC(=O)COc2ccccc2OCc2ccccc2)c1. The number of benzene rings is 3. The number of hydrogen-bond donors (Lipinski definition) is 1. The van der Waals surface area contributed by atoms with E-state index in [2.05, 4.69) is 5.32 Å². The molecule has 0 unspecified atom stereocenters. The van der Waals surface area contributed by atoms with E-state index in [-0.39, 0.29) is 18.3 Å². The lowest BCUT2D eigenvalue weighted by molar-refractivity contribution is -0.118. The van der Waals surface area contributed by atoms with Crippen molar-refractivity contribution in [2.24, 2.45) is 0 Å². The summed E-state index contributed by atoms with van der Waals surface area (Å²) >= 11 is 0. The normalized spacial score (nSPS) is 10.2. The molecule has 0 radical (unpaired) electrons. The summed E-state index contributed by atoms with van der Waals surface area (Å²) in [7, 11) is 0. The summed E-state index contributed by atoms with van der Waals surface area (Å²) in [6.45, 7) is 1.72. The molecule has 5 nitrogen and oxygen atoms in total. The molecule has 0 bridgehead atoms. The van der Waals surface area contributed by atoms with Gasteiger partial charge in [-0.15, -0.1) is 0 Å². The first-order chi connectivity index (χ1) is 13.6. The van der Waals surface area contributed by atoms with Crippen LogP contribution in [0.5, 0.6) is 11.5 Å². The minimum absolute atomic E-state index is 0.0585. The first kappa shape index (κ1) is 19.2. The average Bonchev–Trinajstić information content (AvgIpc) is 2.72. The number of carbonyl (C=O) groups is 2. The highest BCUT2D eigenvalue weighted by molar-refractivity contribution is 5.97. The van der Waals surface area contributed by atoms with Gasteiger partial charge in [0.05, 0.1) is 0 Å². The zero-order valence-electron chi connectivity index (χ0n) is 15.6. The number of rotatable bonds is 8. The Balaban J connectivity index is 1.57. The second kappa shape index (κ2) is 9.37. The van der Waals surface area contributed by atoms with Gasteiger partial charge < -0.3 is 14.8 Å². The molecule has 3 aromatic carbocycles. The highest BCUT2D eigenvalue weighted by Crippen LogP contribution is 2.27. The van der Waals surface area contributed by atoms with Gasteiger partial charge in [-0.3, -0.25) is 9.59 Å². The summed E-state index contributed by atoms with van der Waals surface area (Å²) in [5.74, 6) is 0.680. The second-order valence-electron chi connectivity index (χ2n) is 6.19. The van der Waals surface area contributed by atoms with E-state index in [0.717, 1.165) is 5.56 Å². The number of anilines is 1. The predicted octanol–water partition coefficient (Wildman–Crippen LogP) is 4.49. The lowest BCUT2D eigenvalue weighted by Crippen LogP contribution is -2.20. The monoisotopic (exact) mass is 375 g/mol. The highest BCUT2D eigenvalue weighted by Gasteiger charge is 2.09. The number of nitrogens with one attached hydrogen (secondary N) is 1. The van der Waals surface area contributed by atoms with Crippen LogP contribution in [0.25, 0.3) is 0 Å². The Hall–Kier alpha value is -3.60. The molecule has 0 fully saturated rings. The van der Waals surface area contributed by atoms with E-state index < -0.39 is 0 Å². The first-order valence-electron chi connectivity index (χ1n) is 8.91. The van der Waals surface area contributed by atoms with Crippen LogP contribution in [0.15, 0.2) is 78.9 Å². The molecule has 0 aromatic heterocycles. The minimum atomic E-state index is -0.321. The quantitative estimate of drug-likeness (QED) is 0.590. The molecule has 0 atom stereocenters. The number of para-hydroxylation sites is 2. The van der Waals surface area contributed by atoms with E-state index in [4.69, 9.17) is 9.47 Å². The summed E-state index contributed by atoms with van der Waals surface area (Å²) in [6, 6.07) is 23.8. The number of Topliss-reactive ketones (excluding diaryl/α,β-unsaturated/α-hetero) is 1. The maximum atomic E-state index is 12.2. The van der Waals surface area contributed by atoms with Crippen molar-refractivity contribution in [3.8, 4) is 11.5 Å². The van der Waals surface area contributed by atoms with Crippen LogP contribution in [0.4, 0.5) is 5.69 Å². The minimum Gasteiger partial charge on any atom is -0.485 e. The zero-order valence-corrected chi connectivity index (χ0v) is 15.6. The third-order valence-electron chi connectivity index (χ3n) is 4.00. The Morgan fingerprint density at radius 2 is 1.50 bits per heavy atom. The van der Waals surface area contributed by atoms with Crippen molar-refractivity contribution in [2.45, 2.75) is 13.5 Å². The van der Waals surface area contributed by atoms with Crippen molar-refractivity contribution < 1.29 is 19.1 Å². The van der Waals surface area contributed by atoms with E-state index >= 15 is 0 Å². The van der Waals surface area contributed by atoms with Crippen LogP contribution < -0.4 is 14.8 Å². The molecule has 3 aromatic rings. The van der Waals surface area contributed by atoms with Crippen molar-refractivity contribution in [1.82, 2.24) is 0 Å². The van der Waals surface area contributed by atoms with Crippen molar-refractivity contribution in [2.75, 3.05) is 11.9 Å². The van der Waals surface area contributed by atoms with Gasteiger partial charge in [0, 0.05) is 11.3 Å². The fourth-order valence-electron chi connectivity index (χ4n) is 2.58. The molecule has 0 aliphatic heterocycles. The van der Waals surface area contributed by atoms with Gasteiger partial charge in [-0.05, 0) is 36.8 Å². The van der Waals surface area contributed by atoms with Crippen LogP contribution in [0, 0.1) is 0 Å². The predicted molar refractivity (Wildman–Crippen MR) is 108 cm³/mol. The summed E-state index contributed by atoms with van der Waals surface area (Å²) in [5.41, 5.74) is 2.13. The van der Waals surface area contributed by atoms with E-state index in [0.29, 0.717) is 29.4 Å². The van der Waals surface area contributed by atoms with Crippen LogP contribution in [-0.4, -0.2) is 18.3 Å². The molecule has 28 heavy (non-hydrogen) atoms. The Kier molecular flexibility index (Phi) is 6.41. The fraction of sp³-hybridized carbons (Fsp3) is 0.130. The van der Waals surface area contributed by atoms with Crippen molar-refractivity contribution in [1.29, 1.82) is 0 Å². The van der Waals surface area contributed by atoms with Gasteiger partial charge in [0.25, 0.3) is 5.91 Å². The standard InChI is InChI=1S/C23H21NO4/c1-17(25)19-10-7-11-20(14-19)24-23(26)16-28-22-13-6-5-12-21(22)27-15-18-8-3-2-4-9-18/h2-14H,15-16H2,1H3,(H,24,26). The Morgan fingerprint density at radius 1 is 0.821 bits per heavy atom. The van der Waals surface area contributed by atoms with Crippen LogP contribution >= 0.6 is 0 Å². The molecule has 0 aliphatic rings. The van der Waals surface area contributed by atoms with Crippen LogP contribution in [0.2, 0.25) is 0 Å². The van der Waals surface area contributed by atoms with Crippen LogP contribution in [0.3, 0.4) is 0 Å². The Bertz CT molecular complexity index is 954. The van der Waals surface area contributed by atoms with E-state index in [1.54, 1.807) is 36.4 Å². The molecular weight excluding hydrogens is 354 g/mol. The Morgan fingerprint density at radius 3 is 2.21 bits per heavy atom. The maximum Gasteiger partial charge on any atom is 0.262 e. The largest absolute Gasteiger partial charge is 0.485 e. The fourth-order valence-corrected chi connectivity index (χ4v) is 2.58. The van der Waals surface area contributed by atoms with Crippen molar-refractivity contribution in [3.63, 3.8) is 0 Å². The van der Waals surface area contributed by atoms with Gasteiger partial charge >= 0.3 is 0 Å². The van der Waals surface area contributed by atoms with Gasteiger partial charge in [-0.1, -0.05) is 54.6 Å². The summed E-state index contributed by atoms with van der Waals surface area (Å²) in [6.07, 6.45) is 0. The van der Waals surface area contributed by atoms with Gasteiger partial charge in [0.2, 0.25) is 0 Å². The number of amides is 1. The topological polar surface area (TPSA) is 64.6 Å². The van der Waals surface area contributed by atoms with E-state index in [9.17, 15) is 9.59 Å². The maximum absolute atomic E-state index is 12.2. The average molecular weight is 375 g/mol. The highest BCUT2D eigenvalue weighted by atomic mass is 16.5. The van der Waals surface area contributed by atoms with Gasteiger partial charge in [-0.2, -0.15) is 0 Å². The second-order valence-corrected chi connectivity index (χ2v) is 6.19. The van der Waals surface area contributed by atoms with Gasteiger partial charge in [0.15, 0.2) is 23.9 Å². The first-order valence-corrected chi connectivity index (χ1v) is 8.91. The summed E-state index contributed by atoms with van der Waals surface area (Å²) in [5, 5.41) is 2.73. The van der Waals surface area contributed by atoms with Crippen LogP contribution in [0.1, 0.15) is 22.8 Å². The molecule has 5 heteroatoms. The number of ketones is 1. The smallest absolute Gasteiger partial charge is 0.262 e. The third kappa shape index (κ3) is 5.45. The molecule has 3 rings (SSSR count). The van der Waals surface area contributed by atoms with Crippen molar-refractivity contribution in [3.05, 3.63) is 90.0 Å². The molecule has 0 heterocycles. The van der Waals surface area contributed by atoms with Crippen LogP contribution in [-0.2, 0) is 11.4 Å². The number of carbonyl (C=O) groups excluding carboxylic acids is 2. The molecule has 0 spiro atoms. The zero-order chi connectivity index (χ0) is 19.8. The number of hydrogen-bond acceptors (Lipinski definition) is 4. The Labute approximate surface area is 163 Å². The lowest BCUT2D eigenvalue weighted by Gasteiger charge is -2.13. The summed E-state index contributed by atoms with van der Waals surface area (Å²) < 4.78 is 11.5. The molecule has 1 N–H and O–H groups in total. The van der Waals surface area contributed by atoms with E-state index in [1.165, 1.54) is 6.92 Å². The molecule has 142 valence electrons. The molecular formula is C23H21NO4. The number of ether oxygens (including phenoxy) is 2. The molecule has 0 saturated heterocycles. The van der Waals surface area contributed by atoms with Crippen molar-refractivity contribution >= 4 is 17.4 Å². The third-order valence-corrected chi connectivity index (χ3v) is 4.00. The van der Waals surface area contributed by atoms with Gasteiger partial charge in [0.1, 0.15) is 6.61 Å². The lowest BCUT2D eigenvalue weighted by atomic mass is 10.1. The van der Waals surface area contributed by atoms with Gasteiger partial charge in [-0.25, -0.2) is 0 Å². The van der Waals surface area contributed by atoms with E-state index in [1.807, 2.05) is 42.5 Å². The molecule has 0 aliphatic carbocycles. The molecule has 1 amide bonds. The molecule has 0 saturated carbocycles. The summed E-state index contributed by atoms with van der Waals surface area (Å²) in [4.78, 5) is 23.6.